The molecule has 1 heterocycles. The van der Waals surface area contributed by atoms with E-state index in [-0.39, 0.29) is 12.4 Å². The van der Waals surface area contributed by atoms with E-state index in [4.69, 9.17) is 25.3 Å². The normalized spacial score (nSPS) is 11.6. The van der Waals surface area contributed by atoms with Gasteiger partial charge in [0.2, 0.25) is 5.09 Å². The third-order valence-electron chi connectivity index (χ3n) is 2.43. The molecular formula is C13H11ClN2O6S. The second-order valence-corrected chi connectivity index (χ2v) is 5.90. The van der Waals surface area contributed by atoms with Crippen molar-refractivity contribution in [3.05, 3.63) is 47.2 Å². The van der Waals surface area contributed by atoms with Crippen LogP contribution in [-0.2, 0) is 14.9 Å². The lowest BCUT2D eigenvalue weighted by molar-refractivity contribution is -0.123. The van der Waals surface area contributed by atoms with Crippen LogP contribution >= 0.6 is 11.6 Å². The van der Waals surface area contributed by atoms with Gasteiger partial charge in [-0.2, -0.15) is 13.5 Å². The highest BCUT2D eigenvalue weighted by Gasteiger charge is 2.14. The Bertz CT molecular complexity index is 830. The van der Waals surface area contributed by atoms with Crippen molar-refractivity contribution in [2.75, 3.05) is 6.61 Å². The molecule has 0 saturated carbocycles. The Morgan fingerprint density at radius 2 is 2.09 bits per heavy atom. The first kappa shape index (κ1) is 17.0. The number of nitrogens with one attached hydrogen (secondary N) is 1. The van der Waals surface area contributed by atoms with Gasteiger partial charge in [-0.25, -0.2) is 5.43 Å². The summed E-state index contributed by atoms with van der Waals surface area (Å²) in [5, 5.41) is 3.32. The minimum absolute atomic E-state index is 0.0324. The Labute approximate surface area is 136 Å². The van der Waals surface area contributed by atoms with Gasteiger partial charge >= 0.3 is 10.1 Å². The number of furan rings is 1. The number of halogens is 1. The van der Waals surface area contributed by atoms with Crippen LogP contribution in [0.2, 0.25) is 5.02 Å². The van der Waals surface area contributed by atoms with Crippen LogP contribution in [0.3, 0.4) is 0 Å². The monoisotopic (exact) mass is 358 g/mol. The Morgan fingerprint density at radius 3 is 2.74 bits per heavy atom. The molecular weight excluding hydrogens is 348 g/mol. The molecule has 0 aliphatic heterocycles. The number of hydrogen-bond acceptors (Lipinski definition) is 6. The van der Waals surface area contributed by atoms with E-state index in [1.54, 1.807) is 24.3 Å². The quantitative estimate of drug-likeness (QED) is 0.461. The average molecular weight is 359 g/mol. The summed E-state index contributed by atoms with van der Waals surface area (Å²) in [4.78, 5) is 11.5. The van der Waals surface area contributed by atoms with Crippen LogP contribution < -0.4 is 10.2 Å². The van der Waals surface area contributed by atoms with Crippen molar-refractivity contribution in [2.24, 2.45) is 5.10 Å². The fourth-order valence-corrected chi connectivity index (χ4v) is 2.08. The highest BCUT2D eigenvalue weighted by molar-refractivity contribution is 7.85. The molecule has 8 nitrogen and oxygen atoms in total. The van der Waals surface area contributed by atoms with Crippen molar-refractivity contribution in [3.63, 3.8) is 0 Å². The van der Waals surface area contributed by atoms with Crippen LogP contribution in [0.15, 0.2) is 51.0 Å². The molecule has 0 unspecified atom stereocenters. The fourth-order valence-electron chi connectivity index (χ4n) is 1.45. The number of benzene rings is 1. The molecule has 0 atom stereocenters. The number of nitrogens with zero attached hydrogens (tertiary/aromatic N) is 1. The van der Waals surface area contributed by atoms with Crippen LogP contribution in [0.1, 0.15) is 5.76 Å². The molecule has 0 aliphatic carbocycles. The summed E-state index contributed by atoms with van der Waals surface area (Å²) in [6.07, 6.45) is 1.07. The second-order valence-electron chi connectivity index (χ2n) is 4.14. The summed E-state index contributed by atoms with van der Waals surface area (Å²) >= 11 is 5.86. The predicted octanol–water partition coefficient (Wildman–Crippen LogP) is 1.71. The van der Waals surface area contributed by atoms with E-state index in [9.17, 15) is 13.2 Å². The van der Waals surface area contributed by atoms with Crippen LogP contribution in [0.5, 0.6) is 5.75 Å². The van der Waals surface area contributed by atoms with E-state index in [0.29, 0.717) is 10.8 Å². The minimum Gasteiger partial charge on any atom is -0.482 e. The van der Waals surface area contributed by atoms with Gasteiger partial charge in [0.05, 0.1) is 11.2 Å². The van der Waals surface area contributed by atoms with Crippen LogP contribution in [0.25, 0.3) is 0 Å². The molecule has 0 spiro atoms. The zero-order chi connectivity index (χ0) is 16.9. The van der Waals surface area contributed by atoms with E-state index in [2.05, 4.69) is 10.5 Å². The summed E-state index contributed by atoms with van der Waals surface area (Å²) in [5.74, 6) is -0.162. The molecule has 0 saturated heterocycles. The molecule has 0 radical (unpaired) electrons. The highest BCUT2D eigenvalue weighted by Crippen LogP contribution is 2.22. The largest absolute Gasteiger partial charge is 0.482 e. The van der Waals surface area contributed by atoms with Crippen molar-refractivity contribution in [1.29, 1.82) is 0 Å². The van der Waals surface area contributed by atoms with E-state index >= 15 is 0 Å². The van der Waals surface area contributed by atoms with Gasteiger partial charge in [-0.05, 0) is 24.3 Å². The third kappa shape index (κ3) is 5.09. The number of rotatable bonds is 6. The molecule has 0 aliphatic rings. The van der Waals surface area contributed by atoms with E-state index < -0.39 is 21.1 Å². The lowest BCUT2D eigenvalue weighted by atomic mass is 10.3. The maximum Gasteiger partial charge on any atom is 0.328 e. The van der Waals surface area contributed by atoms with Crippen molar-refractivity contribution >= 4 is 33.8 Å². The zero-order valence-electron chi connectivity index (χ0n) is 11.5. The SMILES string of the molecule is O=C(COc1ccccc1Cl)N/N=C/c1ccc(S(=O)(=O)O)o1. The first-order chi connectivity index (χ1) is 10.9. The number of ether oxygens (including phenoxy) is 1. The van der Waals surface area contributed by atoms with Gasteiger partial charge in [0.15, 0.2) is 6.61 Å². The van der Waals surface area contributed by atoms with Gasteiger partial charge < -0.3 is 9.15 Å². The van der Waals surface area contributed by atoms with Gasteiger partial charge in [-0.1, -0.05) is 23.7 Å². The third-order valence-corrected chi connectivity index (χ3v) is 3.47. The standard InChI is InChI=1S/C13H11ClN2O6S/c14-10-3-1-2-4-11(10)21-8-12(17)16-15-7-9-5-6-13(22-9)23(18,19)20/h1-7H,8H2,(H,16,17)(H,18,19,20)/b15-7+. The molecule has 0 fully saturated rings. The number of para-hydroxylation sites is 1. The van der Waals surface area contributed by atoms with Crippen LogP contribution in [0.4, 0.5) is 0 Å². The number of carbonyl (C=O) groups is 1. The molecule has 10 heteroatoms. The first-order valence-corrected chi connectivity index (χ1v) is 7.94. The summed E-state index contributed by atoms with van der Waals surface area (Å²) < 4.78 is 40.3. The van der Waals surface area contributed by atoms with Crippen molar-refractivity contribution < 1.29 is 26.9 Å². The summed E-state index contributed by atoms with van der Waals surface area (Å²) in [7, 11) is -4.41. The number of carbonyl (C=O) groups excluding carboxylic acids is 1. The van der Waals surface area contributed by atoms with Gasteiger partial charge in [0, 0.05) is 0 Å². The predicted molar refractivity (Wildman–Crippen MR) is 81.2 cm³/mol. The number of hydrazone groups is 1. The Hall–Kier alpha value is -2.36. The molecule has 23 heavy (non-hydrogen) atoms. The van der Waals surface area contributed by atoms with Crippen molar-refractivity contribution in [2.45, 2.75) is 5.09 Å². The van der Waals surface area contributed by atoms with Crippen molar-refractivity contribution in [1.82, 2.24) is 5.43 Å². The van der Waals surface area contributed by atoms with Crippen LogP contribution in [-0.4, -0.2) is 31.7 Å². The minimum atomic E-state index is -4.41. The van der Waals surface area contributed by atoms with Crippen molar-refractivity contribution in [3.8, 4) is 5.75 Å². The topological polar surface area (TPSA) is 118 Å². The highest BCUT2D eigenvalue weighted by atomic mass is 35.5. The van der Waals surface area contributed by atoms with Gasteiger partial charge in [-0.3, -0.25) is 9.35 Å². The molecule has 0 bridgehead atoms. The van der Waals surface area contributed by atoms with E-state index in [0.717, 1.165) is 12.3 Å². The zero-order valence-corrected chi connectivity index (χ0v) is 13.0. The maximum atomic E-state index is 11.5. The Morgan fingerprint density at radius 1 is 1.35 bits per heavy atom. The molecule has 2 N–H and O–H groups in total. The maximum absolute atomic E-state index is 11.5. The smallest absolute Gasteiger partial charge is 0.328 e. The molecule has 2 rings (SSSR count). The Kier molecular flexibility index (Phi) is 5.37. The number of hydrogen-bond donors (Lipinski definition) is 2. The summed E-state index contributed by atoms with van der Waals surface area (Å²) in [6, 6.07) is 8.98. The van der Waals surface area contributed by atoms with Crippen LogP contribution in [0, 0.1) is 0 Å². The summed E-state index contributed by atoms with van der Waals surface area (Å²) in [6.45, 7) is -0.310. The Balaban J connectivity index is 1.84. The number of amides is 1. The van der Waals surface area contributed by atoms with E-state index in [1.807, 2.05) is 0 Å². The lowest BCUT2D eigenvalue weighted by Crippen LogP contribution is -2.24. The van der Waals surface area contributed by atoms with Gasteiger partial charge in [0.1, 0.15) is 11.5 Å². The molecule has 1 amide bonds. The first-order valence-electron chi connectivity index (χ1n) is 6.13. The average Bonchev–Trinajstić information content (AvgIpc) is 2.95. The van der Waals surface area contributed by atoms with Gasteiger partial charge in [-0.15, -0.1) is 0 Å². The molecule has 2 aromatic rings. The van der Waals surface area contributed by atoms with E-state index in [1.165, 1.54) is 6.07 Å². The molecule has 122 valence electrons. The summed E-state index contributed by atoms with van der Waals surface area (Å²) in [5.41, 5.74) is 2.16. The lowest BCUT2D eigenvalue weighted by Gasteiger charge is -2.05. The molecule has 1 aromatic carbocycles. The second kappa shape index (κ2) is 7.27. The van der Waals surface area contributed by atoms with Gasteiger partial charge in [0.25, 0.3) is 5.91 Å². The molecule has 1 aromatic heterocycles. The fraction of sp³-hybridized carbons (Fsp3) is 0.0769.